The molecule has 29 heavy (non-hydrogen) atoms. The van der Waals surface area contributed by atoms with Gasteiger partial charge in [0.1, 0.15) is 12.1 Å². The molecule has 1 saturated heterocycles. The van der Waals surface area contributed by atoms with Gasteiger partial charge in [0.15, 0.2) is 0 Å². The van der Waals surface area contributed by atoms with Gasteiger partial charge in [-0.2, -0.15) is 5.10 Å². The first-order valence-electron chi connectivity index (χ1n) is 10.5. The molecule has 3 aromatic rings. The van der Waals surface area contributed by atoms with Gasteiger partial charge in [-0.15, -0.1) is 0 Å². The summed E-state index contributed by atoms with van der Waals surface area (Å²) in [5.74, 6) is 1.02. The standard InChI is InChI=1S/C22H26N6O/c29-21-15-17-5-1-3-7-19(17)25-28(21)14-11-26-9-12-27(13-10-26)22-18-6-2-4-8-20(18)23-16-24-22/h2,4,6,8,15-16H,1,3,5,7,9-14H2. The highest BCUT2D eigenvalue weighted by atomic mass is 16.1. The van der Waals surface area contributed by atoms with Crippen molar-refractivity contribution in [1.82, 2.24) is 24.6 Å². The van der Waals surface area contributed by atoms with Crippen molar-refractivity contribution >= 4 is 16.7 Å². The second kappa shape index (κ2) is 7.91. The summed E-state index contributed by atoms with van der Waals surface area (Å²) >= 11 is 0. The summed E-state index contributed by atoms with van der Waals surface area (Å²) in [4.78, 5) is 26.0. The first kappa shape index (κ1) is 18.2. The minimum Gasteiger partial charge on any atom is -0.353 e. The van der Waals surface area contributed by atoms with Crippen LogP contribution >= 0.6 is 0 Å². The summed E-state index contributed by atoms with van der Waals surface area (Å²) in [7, 11) is 0. The van der Waals surface area contributed by atoms with Gasteiger partial charge in [-0.1, -0.05) is 12.1 Å². The third-order valence-electron chi connectivity index (χ3n) is 6.10. The first-order valence-corrected chi connectivity index (χ1v) is 10.5. The minimum absolute atomic E-state index is 0.0386. The summed E-state index contributed by atoms with van der Waals surface area (Å²) in [6.45, 7) is 5.27. The highest BCUT2D eigenvalue weighted by Crippen LogP contribution is 2.23. The van der Waals surface area contributed by atoms with Crippen LogP contribution in [0.15, 0.2) is 41.5 Å². The average molecular weight is 390 g/mol. The van der Waals surface area contributed by atoms with Gasteiger partial charge in [-0.25, -0.2) is 14.6 Å². The van der Waals surface area contributed by atoms with Gasteiger partial charge in [0.05, 0.1) is 17.8 Å². The maximum absolute atomic E-state index is 12.4. The fourth-order valence-corrected chi connectivity index (χ4v) is 4.42. The van der Waals surface area contributed by atoms with Crippen LogP contribution in [0.2, 0.25) is 0 Å². The van der Waals surface area contributed by atoms with Crippen LogP contribution < -0.4 is 10.5 Å². The second-order valence-electron chi connectivity index (χ2n) is 7.93. The Balaban J connectivity index is 1.22. The van der Waals surface area contributed by atoms with E-state index >= 15 is 0 Å². The van der Waals surface area contributed by atoms with Gasteiger partial charge in [0.2, 0.25) is 0 Å². The molecule has 1 fully saturated rings. The molecule has 7 nitrogen and oxygen atoms in total. The van der Waals surface area contributed by atoms with Gasteiger partial charge in [0, 0.05) is 44.2 Å². The topological polar surface area (TPSA) is 67.2 Å². The zero-order valence-corrected chi connectivity index (χ0v) is 16.6. The van der Waals surface area contributed by atoms with E-state index in [0.29, 0.717) is 6.54 Å². The van der Waals surface area contributed by atoms with Crippen molar-refractivity contribution in [3.8, 4) is 0 Å². The third kappa shape index (κ3) is 3.74. The monoisotopic (exact) mass is 390 g/mol. The van der Waals surface area contributed by atoms with Crippen LogP contribution in [0.4, 0.5) is 5.82 Å². The molecule has 0 bridgehead atoms. The van der Waals surface area contributed by atoms with Crippen LogP contribution in [0.1, 0.15) is 24.1 Å². The van der Waals surface area contributed by atoms with E-state index in [0.717, 1.165) is 73.5 Å². The van der Waals surface area contributed by atoms with Gasteiger partial charge in [0.25, 0.3) is 5.56 Å². The normalized spacial score (nSPS) is 17.4. The van der Waals surface area contributed by atoms with Gasteiger partial charge in [-0.3, -0.25) is 9.69 Å². The SMILES string of the molecule is O=c1cc2c(nn1CCN1CCN(c3ncnc4ccccc34)CC1)CCCC2. The number of anilines is 1. The molecule has 3 heterocycles. The van der Waals surface area contributed by atoms with Crippen LogP contribution in [0.5, 0.6) is 0 Å². The highest BCUT2D eigenvalue weighted by molar-refractivity contribution is 5.89. The molecule has 2 aliphatic rings. The third-order valence-corrected chi connectivity index (χ3v) is 6.10. The van der Waals surface area contributed by atoms with Crippen LogP contribution in [0, 0.1) is 0 Å². The largest absolute Gasteiger partial charge is 0.353 e. The number of para-hydroxylation sites is 1. The van der Waals surface area contributed by atoms with E-state index in [1.165, 1.54) is 12.8 Å². The molecule has 1 aliphatic heterocycles. The Bertz CT molecular complexity index is 1070. The molecule has 5 rings (SSSR count). The van der Waals surface area contributed by atoms with Crippen LogP contribution in [-0.2, 0) is 19.4 Å². The maximum Gasteiger partial charge on any atom is 0.267 e. The maximum atomic E-state index is 12.4. The number of hydrogen-bond donors (Lipinski definition) is 0. The quantitative estimate of drug-likeness (QED) is 0.678. The summed E-state index contributed by atoms with van der Waals surface area (Å²) < 4.78 is 1.66. The highest BCUT2D eigenvalue weighted by Gasteiger charge is 2.20. The van der Waals surface area contributed by atoms with Gasteiger partial charge < -0.3 is 4.90 Å². The van der Waals surface area contributed by atoms with E-state index in [1.807, 2.05) is 18.2 Å². The zero-order valence-electron chi connectivity index (χ0n) is 16.6. The van der Waals surface area contributed by atoms with Gasteiger partial charge >= 0.3 is 0 Å². The molecular weight excluding hydrogens is 364 g/mol. The van der Waals surface area contributed by atoms with E-state index in [2.05, 4.69) is 30.9 Å². The van der Waals surface area contributed by atoms with Crippen molar-refractivity contribution in [3.05, 3.63) is 58.3 Å². The van der Waals surface area contributed by atoms with Crippen molar-refractivity contribution in [2.75, 3.05) is 37.6 Å². The second-order valence-corrected chi connectivity index (χ2v) is 7.93. The summed E-state index contributed by atoms with van der Waals surface area (Å²) in [5.41, 5.74) is 3.30. The van der Waals surface area contributed by atoms with Gasteiger partial charge in [-0.05, 0) is 43.4 Å². The van der Waals surface area contributed by atoms with Crippen molar-refractivity contribution in [1.29, 1.82) is 0 Å². The molecule has 0 atom stereocenters. The molecule has 0 saturated carbocycles. The lowest BCUT2D eigenvalue weighted by Gasteiger charge is -2.35. The Morgan fingerprint density at radius 2 is 1.76 bits per heavy atom. The fourth-order valence-electron chi connectivity index (χ4n) is 4.42. The molecule has 1 aliphatic carbocycles. The van der Waals surface area contributed by atoms with Crippen molar-refractivity contribution in [2.24, 2.45) is 0 Å². The number of rotatable bonds is 4. The number of fused-ring (bicyclic) bond motifs is 2. The Morgan fingerprint density at radius 1 is 0.931 bits per heavy atom. The minimum atomic E-state index is 0.0386. The molecule has 0 N–H and O–H groups in total. The Hall–Kier alpha value is -2.80. The molecule has 1 aromatic carbocycles. The summed E-state index contributed by atoms with van der Waals surface area (Å²) in [6.07, 6.45) is 6.00. The Labute approximate surface area is 170 Å². The number of benzene rings is 1. The molecule has 150 valence electrons. The predicted molar refractivity (Wildman–Crippen MR) is 113 cm³/mol. The zero-order chi connectivity index (χ0) is 19.6. The van der Waals surface area contributed by atoms with Crippen LogP contribution in [0.25, 0.3) is 10.9 Å². The lowest BCUT2D eigenvalue weighted by Crippen LogP contribution is -2.48. The average Bonchev–Trinajstić information content (AvgIpc) is 2.78. The van der Waals surface area contributed by atoms with E-state index in [1.54, 1.807) is 17.1 Å². The lowest BCUT2D eigenvalue weighted by atomic mass is 9.97. The van der Waals surface area contributed by atoms with Crippen molar-refractivity contribution < 1.29 is 0 Å². The Morgan fingerprint density at radius 3 is 2.66 bits per heavy atom. The molecule has 0 amide bonds. The van der Waals surface area contributed by atoms with E-state index in [-0.39, 0.29) is 5.56 Å². The van der Waals surface area contributed by atoms with E-state index in [9.17, 15) is 4.79 Å². The van der Waals surface area contributed by atoms with E-state index in [4.69, 9.17) is 0 Å². The molecule has 0 spiro atoms. The van der Waals surface area contributed by atoms with Crippen molar-refractivity contribution in [2.45, 2.75) is 32.2 Å². The van der Waals surface area contributed by atoms with Crippen LogP contribution in [0.3, 0.4) is 0 Å². The summed E-state index contributed by atoms with van der Waals surface area (Å²) in [5, 5.41) is 5.75. The lowest BCUT2D eigenvalue weighted by molar-refractivity contribution is 0.242. The predicted octanol–water partition coefficient (Wildman–Crippen LogP) is 1.89. The summed E-state index contributed by atoms with van der Waals surface area (Å²) in [6, 6.07) is 9.97. The molecule has 7 heteroatoms. The van der Waals surface area contributed by atoms with Crippen LogP contribution in [-0.4, -0.2) is 57.4 Å². The molecular formula is C22H26N6O. The first-order chi connectivity index (χ1) is 14.3. The smallest absolute Gasteiger partial charge is 0.267 e. The number of nitrogens with zero attached hydrogens (tertiary/aromatic N) is 6. The number of hydrogen-bond acceptors (Lipinski definition) is 6. The molecule has 0 unspecified atom stereocenters. The molecule has 2 aromatic heterocycles. The number of aromatic nitrogens is 4. The van der Waals surface area contributed by atoms with E-state index < -0.39 is 0 Å². The fraction of sp³-hybridized carbons (Fsp3) is 0.455. The Kier molecular flexibility index (Phi) is 4.97. The molecule has 0 radical (unpaired) electrons. The number of aryl methyl sites for hydroxylation is 2. The van der Waals surface area contributed by atoms with Crippen molar-refractivity contribution in [3.63, 3.8) is 0 Å². The number of piperazine rings is 1.